The van der Waals surface area contributed by atoms with Crippen molar-refractivity contribution in [2.24, 2.45) is 16.5 Å². The molecule has 1 rings (SSSR count). The summed E-state index contributed by atoms with van der Waals surface area (Å²) >= 11 is 0. The van der Waals surface area contributed by atoms with E-state index in [1.165, 1.54) is 0 Å². The molecule has 0 saturated heterocycles. The Labute approximate surface area is 101 Å². The molecule has 0 spiro atoms. The van der Waals surface area contributed by atoms with Crippen molar-refractivity contribution in [3.8, 4) is 0 Å². The maximum atomic E-state index is 9.79. The smallest absolute Gasteiger partial charge is 0.186 e. The van der Waals surface area contributed by atoms with Crippen LogP contribution in [-0.2, 0) is 11.3 Å². The molecular formula is C12H19N3O2. The van der Waals surface area contributed by atoms with Crippen LogP contribution >= 0.6 is 0 Å². The standard InChI is InChI=1S/C12H19N3O2/c1-2-17-8-9-3-5-10(6-4-9)11(16)7-15-12(13)14/h3-6,11,16H,2,7-8H2,1H3,(H4,13,14,15). The fraction of sp³-hybridized carbons (Fsp3) is 0.417. The van der Waals surface area contributed by atoms with Gasteiger partial charge in [-0.2, -0.15) is 0 Å². The molecule has 17 heavy (non-hydrogen) atoms. The quantitative estimate of drug-likeness (QED) is 0.497. The second kappa shape index (κ2) is 6.88. The number of nitrogens with zero attached hydrogens (tertiary/aromatic N) is 1. The molecule has 0 fully saturated rings. The summed E-state index contributed by atoms with van der Waals surface area (Å²) in [4.78, 5) is 3.77. The highest BCUT2D eigenvalue weighted by Crippen LogP contribution is 2.14. The molecule has 0 heterocycles. The van der Waals surface area contributed by atoms with Gasteiger partial charge in [-0.15, -0.1) is 0 Å². The Morgan fingerprint density at radius 1 is 1.35 bits per heavy atom. The molecule has 0 aromatic heterocycles. The number of benzene rings is 1. The van der Waals surface area contributed by atoms with Crippen molar-refractivity contribution in [2.45, 2.75) is 19.6 Å². The van der Waals surface area contributed by atoms with Crippen molar-refractivity contribution in [2.75, 3.05) is 13.2 Å². The number of ether oxygens (including phenoxy) is 1. The average molecular weight is 237 g/mol. The number of aliphatic imine (C=N–C) groups is 1. The predicted molar refractivity (Wildman–Crippen MR) is 67.4 cm³/mol. The van der Waals surface area contributed by atoms with E-state index in [2.05, 4.69) is 4.99 Å². The first-order valence-electron chi connectivity index (χ1n) is 5.53. The minimum atomic E-state index is -0.682. The molecule has 1 aromatic rings. The van der Waals surface area contributed by atoms with Crippen LogP contribution in [0.15, 0.2) is 29.3 Å². The molecule has 1 unspecified atom stereocenters. The molecule has 5 heteroatoms. The van der Waals surface area contributed by atoms with E-state index in [9.17, 15) is 5.11 Å². The molecule has 1 aromatic carbocycles. The topological polar surface area (TPSA) is 93.9 Å². The predicted octanol–water partition coefficient (Wildman–Crippen LogP) is 0.530. The maximum absolute atomic E-state index is 9.79. The first-order valence-corrected chi connectivity index (χ1v) is 5.53. The third kappa shape index (κ3) is 4.84. The van der Waals surface area contributed by atoms with Crippen LogP contribution < -0.4 is 11.5 Å². The summed E-state index contributed by atoms with van der Waals surface area (Å²) in [5.74, 6) is -0.0167. The Balaban J connectivity index is 2.57. The monoisotopic (exact) mass is 237 g/mol. The lowest BCUT2D eigenvalue weighted by Crippen LogP contribution is -2.23. The third-order valence-electron chi connectivity index (χ3n) is 2.28. The zero-order chi connectivity index (χ0) is 12.7. The summed E-state index contributed by atoms with van der Waals surface area (Å²) in [6, 6.07) is 7.54. The van der Waals surface area contributed by atoms with Gasteiger partial charge in [0.15, 0.2) is 5.96 Å². The van der Waals surface area contributed by atoms with Gasteiger partial charge in [0.2, 0.25) is 0 Å². The number of aliphatic hydroxyl groups is 1. The molecular weight excluding hydrogens is 218 g/mol. The highest BCUT2D eigenvalue weighted by molar-refractivity contribution is 5.75. The minimum absolute atomic E-state index is 0.0167. The summed E-state index contributed by atoms with van der Waals surface area (Å²) in [6.07, 6.45) is -0.682. The van der Waals surface area contributed by atoms with Crippen molar-refractivity contribution in [1.82, 2.24) is 0 Å². The van der Waals surface area contributed by atoms with Gasteiger partial charge in [0, 0.05) is 6.61 Å². The van der Waals surface area contributed by atoms with Gasteiger partial charge in [0.1, 0.15) is 0 Å². The number of guanidine groups is 1. The molecule has 5 N–H and O–H groups in total. The van der Waals surface area contributed by atoms with Crippen LogP contribution in [0.4, 0.5) is 0 Å². The summed E-state index contributed by atoms with van der Waals surface area (Å²) in [5.41, 5.74) is 12.3. The number of aliphatic hydroxyl groups excluding tert-OH is 1. The second-order valence-electron chi connectivity index (χ2n) is 3.66. The van der Waals surface area contributed by atoms with Gasteiger partial charge in [-0.05, 0) is 18.1 Å². The van der Waals surface area contributed by atoms with Gasteiger partial charge in [-0.25, -0.2) is 0 Å². The van der Waals surface area contributed by atoms with Crippen LogP contribution in [0.5, 0.6) is 0 Å². The van der Waals surface area contributed by atoms with E-state index in [-0.39, 0.29) is 12.5 Å². The Morgan fingerprint density at radius 3 is 2.53 bits per heavy atom. The number of hydrogen-bond acceptors (Lipinski definition) is 3. The lowest BCUT2D eigenvalue weighted by Gasteiger charge is -2.09. The Bertz CT molecular complexity index is 359. The zero-order valence-corrected chi connectivity index (χ0v) is 9.97. The number of rotatable bonds is 6. The van der Waals surface area contributed by atoms with Crippen molar-refractivity contribution < 1.29 is 9.84 Å². The largest absolute Gasteiger partial charge is 0.386 e. The molecule has 5 nitrogen and oxygen atoms in total. The summed E-state index contributed by atoms with van der Waals surface area (Å²) in [5, 5.41) is 9.79. The highest BCUT2D eigenvalue weighted by Gasteiger charge is 2.06. The maximum Gasteiger partial charge on any atom is 0.186 e. The fourth-order valence-electron chi connectivity index (χ4n) is 1.35. The Kier molecular flexibility index (Phi) is 5.45. The normalized spacial score (nSPS) is 12.1. The van der Waals surface area contributed by atoms with Gasteiger partial charge in [-0.1, -0.05) is 24.3 Å². The van der Waals surface area contributed by atoms with Crippen LogP contribution in [-0.4, -0.2) is 24.2 Å². The second-order valence-corrected chi connectivity index (χ2v) is 3.66. The molecule has 1 atom stereocenters. The first kappa shape index (κ1) is 13.5. The lowest BCUT2D eigenvalue weighted by molar-refractivity contribution is 0.134. The summed E-state index contributed by atoms with van der Waals surface area (Å²) < 4.78 is 5.28. The zero-order valence-electron chi connectivity index (χ0n) is 9.97. The molecule has 0 bridgehead atoms. The molecule has 94 valence electrons. The minimum Gasteiger partial charge on any atom is -0.386 e. The Hall–Kier alpha value is -1.59. The van der Waals surface area contributed by atoms with Crippen molar-refractivity contribution in [3.05, 3.63) is 35.4 Å². The van der Waals surface area contributed by atoms with Crippen LogP contribution in [0.3, 0.4) is 0 Å². The van der Waals surface area contributed by atoms with E-state index in [4.69, 9.17) is 16.2 Å². The first-order chi connectivity index (χ1) is 8.13. The molecule has 0 aliphatic rings. The average Bonchev–Trinajstić information content (AvgIpc) is 2.34. The molecule has 0 aliphatic heterocycles. The van der Waals surface area contributed by atoms with E-state index in [1.54, 1.807) is 0 Å². The van der Waals surface area contributed by atoms with Crippen LogP contribution in [0.1, 0.15) is 24.2 Å². The highest BCUT2D eigenvalue weighted by atomic mass is 16.5. The number of nitrogens with two attached hydrogens (primary N) is 2. The van der Waals surface area contributed by atoms with E-state index in [1.807, 2.05) is 31.2 Å². The van der Waals surface area contributed by atoms with Gasteiger partial charge < -0.3 is 21.3 Å². The lowest BCUT2D eigenvalue weighted by atomic mass is 10.1. The van der Waals surface area contributed by atoms with Gasteiger partial charge in [-0.3, -0.25) is 4.99 Å². The molecule has 0 aliphatic carbocycles. The van der Waals surface area contributed by atoms with Crippen molar-refractivity contribution >= 4 is 5.96 Å². The number of hydrogen-bond donors (Lipinski definition) is 3. The van der Waals surface area contributed by atoms with Gasteiger partial charge >= 0.3 is 0 Å². The summed E-state index contributed by atoms with van der Waals surface area (Å²) in [6.45, 7) is 3.40. The van der Waals surface area contributed by atoms with E-state index < -0.39 is 6.10 Å². The summed E-state index contributed by atoms with van der Waals surface area (Å²) in [7, 11) is 0. The van der Waals surface area contributed by atoms with E-state index >= 15 is 0 Å². The molecule has 0 saturated carbocycles. The SMILES string of the molecule is CCOCc1ccc(C(O)CN=C(N)N)cc1. The molecule has 0 amide bonds. The Morgan fingerprint density at radius 2 is 2.00 bits per heavy atom. The van der Waals surface area contributed by atoms with Crippen molar-refractivity contribution in [1.29, 1.82) is 0 Å². The van der Waals surface area contributed by atoms with Crippen molar-refractivity contribution in [3.63, 3.8) is 0 Å². The van der Waals surface area contributed by atoms with Gasteiger partial charge in [0.05, 0.1) is 19.3 Å². The third-order valence-corrected chi connectivity index (χ3v) is 2.28. The van der Waals surface area contributed by atoms with E-state index in [0.29, 0.717) is 13.2 Å². The van der Waals surface area contributed by atoms with E-state index in [0.717, 1.165) is 11.1 Å². The molecule has 0 radical (unpaired) electrons. The van der Waals surface area contributed by atoms with Crippen LogP contribution in [0, 0.1) is 0 Å². The fourth-order valence-corrected chi connectivity index (χ4v) is 1.35. The van der Waals surface area contributed by atoms with Crippen LogP contribution in [0.2, 0.25) is 0 Å². The van der Waals surface area contributed by atoms with Gasteiger partial charge in [0.25, 0.3) is 0 Å². The van der Waals surface area contributed by atoms with Crippen LogP contribution in [0.25, 0.3) is 0 Å².